The largest absolute Gasteiger partial charge is 0.507 e. The van der Waals surface area contributed by atoms with Crippen LogP contribution in [0.25, 0.3) is 0 Å². The Kier molecular flexibility index (Phi) is 13.6. The molecular formula is C38H60O6. The minimum Gasteiger partial charge on any atom is -0.507 e. The monoisotopic (exact) mass is 612 g/mol. The lowest BCUT2D eigenvalue weighted by molar-refractivity contribution is 0.0496. The molecule has 0 unspecified atom stereocenters. The summed E-state index contributed by atoms with van der Waals surface area (Å²) in [5.74, 6) is -0.766. The van der Waals surface area contributed by atoms with Crippen LogP contribution in [0.4, 0.5) is 0 Å². The number of carboxylic acids is 1. The molecule has 0 saturated heterocycles. The highest BCUT2D eigenvalue weighted by atomic mass is 16.5. The van der Waals surface area contributed by atoms with Crippen molar-refractivity contribution in [3.05, 3.63) is 57.6 Å². The fraction of sp³-hybridized carbons (Fsp3) is 0.632. The Hall–Kier alpha value is -3.02. The van der Waals surface area contributed by atoms with Crippen LogP contribution in [0.15, 0.2) is 24.3 Å². The number of hydrogen-bond donors (Lipinski definition) is 3. The summed E-state index contributed by atoms with van der Waals surface area (Å²) in [5.41, 5.74) is 2.59. The van der Waals surface area contributed by atoms with E-state index in [1.54, 1.807) is 24.3 Å². The van der Waals surface area contributed by atoms with Crippen molar-refractivity contribution in [1.29, 1.82) is 0 Å². The van der Waals surface area contributed by atoms with Gasteiger partial charge in [-0.25, -0.2) is 9.59 Å². The van der Waals surface area contributed by atoms with Crippen molar-refractivity contribution < 1.29 is 29.6 Å². The third kappa shape index (κ3) is 11.5. The van der Waals surface area contributed by atoms with Crippen LogP contribution in [0.2, 0.25) is 0 Å². The Morgan fingerprint density at radius 3 is 1.20 bits per heavy atom. The molecule has 3 N–H and O–H groups in total. The molecule has 0 saturated carbocycles. The van der Waals surface area contributed by atoms with Crippen LogP contribution in [-0.2, 0) is 26.4 Å². The van der Waals surface area contributed by atoms with Gasteiger partial charge < -0.3 is 20.1 Å². The molecule has 2 aromatic rings. The van der Waals surface area contributed by atoms with Crippen LogP contribution in [0.1, 0.15) is 172 Å². The average molecular weight is 613 g/mol. The maximum absolute atomic E-state index is 12.5. The zero-order chi connectivity index (χ0) is 34.3. The summed E-state index contributed by atoms with van der Waals surface area (Å²) in [5, 5.41) is 30.3. The molecule has 2 rings (SSSR count). The molecule has 0 spiro atoms. The number of rotatable bonds is 9. The summed E-state index contributed by atoms with van der Waals surface area (Å²) in [6, 6.07) is 6.70. The second-order valence-electron chi connectivity index (χ2n) is 16.0. The summed E-state index contributed by atoms with van der Waals surface area (Å²) in [6.07, 6.45) is 6.98. The van der Waals surface area contributed by atoms with Crippen LogP contribution < -0.4 is 0 Å². The number of carbonyl (C=O) groups is 2. The van der Waals surface area contributed by atoms with Gasteiger partial charge in [-0.15, -0.1) is 0 Å². The van der Waals surface area contributed by atoms with Gasteiger partial charge in [-0.05, 0) is 52.3 Å². The fourth-order valence-electron chi connectivity index (χ4n) is 4.93. The number of phenolic OH excluding ortho intramolecular Hbond substituents is 2. The predicted octanol–water partition coefficient (Wildman–Crippen LogP) is 10.2. The van der Waals surface area contributed by atoms with Gasteiger partial charge in [0, 0.05) is 22.3 Å². The number of ether oxygens (including phenoxy) is 1. The number of hydrogen-bond acceptors (Lipinski definition) is 5. The van der Waals surface area contributed by atoms with E-state index in [1.165, 1.54) is 25.7 Å². The Bertz CT molecular complexity index is 1190. The van der Waals surface area contributed by atoms with Crippen molar-refractivity contribution in [2.45, 2.75) is 150 Å². The average Bonchev–Trinajstić information content (AvgIpc) is 2.85. The maximum atomic E-state index is 12.5. The molecule has 0 radical (unpaired) electrons. The molecular weight excluding hydrogens is 552 g/mol. The standard InChI is InChI=1S/C23H38O3.C15H22O3/c1-8-9-10-11-12-13-14-26-21(25)17-15-18(22(2,3)4)20(24)19(16-17)23(5,6)7;1-14(2,3)10-7-9(13(17)18)8-11(12(10)16)15(4,5)6/h15-16,24H,8-14H2,1-7H3;7-8,16H,1-6H3,(H,17,18). The first kappa shape index (κ1) is 39.0. The minimum absolute atomic E-state index is 0.208. The summed E-state index contributed by atoms with van der Waals surface area (Å²) >= 11 is 0. The Balaban J connectivity index is 0.000000470. The third-order valence-corrected chi connectivity index (χ3v) is 7.67. The molecule has 2 aromatic carbocycles. The highest BCUT2D eigenvalue weighted by Crippen LogP contribution is 2.41. The molecule has 0 fully saturated rings. The quantitative estimate of drug-likeness (QED) is 0.192. The predicted molar refractivity (Wildman–Crippen MR) is 182 cm³/mol. The molecule has 0 aliphatic rings. The number of benzene rings is 2. The van der Waals surface area contributed by atoms with Gasteiger partial charge in [-0.2, -0.15) is 0 Å². The van der Waals surface area contributed by atoms with Gasteiger partial charge in [0.25, 0.3) is 0 Å². The van der Waals surface area contributed by atoms with E-state index in [0.29, 0.717) is 23.3 Å². The summed E-state index contributed by atoms with van der Waals surface area (Å²) in [4.78, 5) is 23.7. The van der Waals surface area contributed by atoms with Crippen LogP contribution >= 0.6 is 0 Å². The number of carboxylic acid groups (broad SMARTS) is 1. The lowest BCUT2D eigenvalue weighted by Gasteiger charge is -2.28. The maximum Gasteiger partial charge on any atom is 0.338 e. The molecule has 6 nitrogen and oxygen atoms in total. The molecule has 0 aliphatic heterocycles. The molecule has 0 amide bonds. The number of carbonyl (C=O) groups excluding carboxylic acids is 1. The molecule has 6 heteroatoms. The van der Waals surface area contributed by atoms with E-state index in [0.717, 1.165) is 24.0 Å². The molecule has 248 valence electrons. The Morgan fingerprint density at radius 2 is 0.886 bits per heavy atom. The second kappa shape index (κ2) is 15.3. The first-order valence-electron chi connectivity index (χ1n) is 16.1. The summed E-state index contributed by atoms with van der Waals surface area (Å²) in [7, 11) is 0. The van der Waals surface area contributed by atoms with E-state index in [1.807, 2.05) is 83.1 Å². The van der Waals surface area contributed by atoms with Crippen molar-refractivity contribution in [2.24, 2.45) is 0 Å². The van der Waals surface area contributed by atoms with Gasteiger partial charge in [0.1, 0.15) is 11.5 Å². The minimum atomic E-state index is -0.967. The van der Waals surface area contributed by atoms with E-state index < -0.39 is 5.97 Å². The van der Waals surface area contributed by atoms with E-state index in [-0.39, 0.29) is 44.7 Å². The molecule has 44 heavy (non-hydrogen) atoms. The zero-order valence-corrected chi connectivity index (χ0v) is 29.8. The number of esters is 1. The normalized spacial score (nSPS) is 12.4. The molecule has 0 aliphatic carbocycles. The topological polar surface area (TPSA) is 104 Å². The molecule has 0 aromatic heterocycles. The molecule has 0 heterocycles. The first-order valence-corrected chi connectivity index (χ1v) is 16.1. The SMILES string of the molecule is CC(C)(C)c1cc(C(=O)O)cc(C(C)(C)C)c1O.CCCCCCCCOC(=O)c1cc(C(C)(C)C)c(O)c(C(C)(C)C)c1. The van der Waals surface area contributed by atoms with E-state index >= 15 is 0 Å². The van der Waals surface area contributed by atoms with Gasteiger partial charge >= 0.3 is 11.9 Å². The van der Waals surface area contributed by atoms with Gasteiger partial charge in [-0.3, -0.25) is 0 Å². The van der Waals surface area contributed by atoms with Crippen LogP contribution in [0.5, 0.6) is 11.5 Å². The van der Waals surface area contributed by atoms with Crippen molar-refractivity contribution in [3.63, 3.8) is 0 Å². The zero-order valence-electron chi connectivity index (χ0n) is 29.8. The molecule has 0 atom stereocenters. The van der Waals surface area contributed by atoms with Crippen molar-refractivity contribution in [2.75, 3.05) is 6.61 Å². The van der Waals surface area contributed by atoms with Crippen molar-refractivity contribution >= 4 is 11.9 Å². The lowest BCUT2D eigenvalue weighted by atomic mass is 9.78. The van der Waals surface area contributed by atoms with Gasteiger partial charge in [0.05, 0.1) is 17.7 Å². The van der Waals surface area contributed by atoms with Crippen molar-refractivity contribution in [3.8, 4) is 11.5 Å². The Labute approximate surface area is 267 Å². The van der Waals surface area contributed by atoms with Gasteiger partial charge in [0.15, 0.2) is 0 Å². The van der Waals surface area contributed by atoms with E-state index in [9.17, 15) is 24.9 Å². The smallest absolute Gasteiger partial charge is 0.338 e. The summed E-state index contributed by atoms with van der Waals surface area (Å²) < 4.78 is 5.49. The van der Waals surface area contributed by atoms with E-state index in [4.69, 9.17) is 4.74 Å². The number of unbranched alkanes of at least 4 members (excludes halogenated alkanes) is 5. The number of phenols is 2. The van der Waals surface area contributed by atoms with Crippen LogP contribution in [0.3, 0.4) is 0 Å². The second-order valence-corrected chi connectivity index (χ2v) is 16.0. The highest BCUT2D eigenvalue weighted by Gasteiger charge is 2.29. The van der Waals surface area contributed by atoms with E-state index in [2.05, 4.69) is 6.92 Å². The Morgan fingerprint density at radius 1 is 0.568 bits per heavy atom. The fourth-order valence-corrected chi connectivity index (χ4v) is 4.93. The first-order chi connectivity index (χ1) is 19.9. The number of aromatic hydroxyl groups is 2. The van der Waals surface area contributed by atoms with Gasteiger partial charge in [-0.1, -0.05) is 122 Å². The van der Waals surface area contributed by atoms with Gasteiger partial charge in [0.2, 0.25) is 0 Å². The number of aromatic carboxylic acids is 1. The van der Waals surface area contributed by atoms with Crippen LogP contribution in [0, 0.1) is 0 Å². The van der Waals surface area contributed by atoms with Crippen molar-refractivity contribution in [1.82, 2.24) is 0 Å². The lowest BCUT2D eigenvalue weighted by Crippen LogP contribution is -2.19. The summed E-state index contributed by atoms with van der Waals surface area (Å²) in [6.45, 7) is 26.7. The highest BCUT2D eigenvalue weighted by molar-refractivity contribution is 5.90. The third-order valence-electron chi connectivity index (χ3n) is 7.67. The molecule has 0 bridgehead atoms. The van der Waals surface area contributed by atoms with Crippen LogP contribution in [-0.4, -0.2) is 33.9 Å².